The first-order valence-electron chi connectivity index (χ1n) is 9.87. The zero-order valence-electron chi connectivity index (χ0n) is 15.9. The molecule has 1 aromatic carbocycles. The van der Waals surface area contributed by atoms with Crippen molar-refractivity contribution in [3.05, 3.63) is 29.3 Å². The predicted molar refractivity (Wildman–Crippen MR) is 97.9 cm³/mol. The summed E-state index contributed by atoms with van der Waals surface area (Å²) in [7, 11) is 0. The lowest BCUT2D eigenvalue weighted by molar-refractivity contribution is -0.154. The Bertz CT molecular complexity index is 740. The molecule has 3 aliphatic carbocycles. The van der Waals surface area contributed by atoms with Gasteiger partial charge in [-0.1, -0.05) is 13.0 Å². The molecule has 140 valence electrons. The molecule has 0 radical (unpaired) electrons. The number of rotatable bonds is 2. The lowest BCUT2D eigenvalue weighted by atomic mass is 9.55. The van der Waals surface area contributed by atoms with Crippen molar-refractivity contribution in [2.45, 2.75) is 71.3 Å². The van der Waals surface area contributed by atoms with Crippen molar-refractivity contribution in [3.63, 3.8) is 0 Å². The van der Waals surface area contributed by atoms with Crippen LogP contribution in [0.4, 0.5) is 0 Å². The van der Waals surface area contributed by atoms with Crippen LogP contribution in [-0.4, -0.2) is 18.0 Å². The third kappa shape index (κ3) is 2.83. The number of carbonyl (C=O) groups excluding carboxylic acids is 2. The smallest absolute Gasteiger partial charge is 0.308 e. The van der Waals surface area contributed by atoms with E-state index in [1.54, 1.807) is 0 Å². The highest BCUT2D eigenvalue weighted by molar-refractivity contribution is 5.69. The number of hydrogen-bond donors (Lipinski definition) is 0. The minimum atomic E-state index is -0.269. The van der Waals surface area contributed by atoms with Crippen LogP contribution < -0.4 is 4.74 Å². The van der Waals surface area contributed by atoms with E-state index in [1.807, 2.05) is 6.07 Å². The van der Waals surface area contributed by atoms with E-state index >= 15 is 0 Å². The van der Waals surface area contributed by atoms with Gasteiger partial charge < -0.3 is 9.47 Å². The standard InChI is InChI=1S/C22H28O4/c1-13(23)25-16-5-7-17-15(12-16)4-6-19-18(17)10-11-22(3)20(19)8-9-21(22)26-14(2)24/h5,7,12,18-21H,4,6,8-11H2,1-3H3/t18-,19-,20+,21?,22+/m1/s1. The number of carbonyl (C=O) groups is 2. The van der Waals surface area contributed by atoms with Crippen LogP contribution >= 0.6 is 0 Å². The molecule has 0 spiro atoms. The third-order valence-corrected chi connectivity index (χ3v) is 7.18. The Hall–Kier alpha value is -1.84. The fraction of sp³-hybridized carbons (Fsp3) is 0.636. The zero-order valence-corrected chi connectivity index (χ0v) is 15.9. The van der Waals surface area contributed by atoms with Gasteiger partial charge in [-0.25, -0.2) is 0 Å². The van der Waals surface area contributed by atoms with Crippen LogP contribution in [0.15, 0.2) is 18.2 Å². The molecule has 0 N–H and O–H groups in total. The van der Waals surface area contributed by atoms with Gasteiger partial charge in [0.25, 0.3) is 0 Å². The number of esters is 2. The van der Waals surface area contributed by atoms with Crippen molar-refractivity contribution in [1.29, 1.82) is 0 Å². The van der Waals surface area contributed by atoms with Gasteiger partial charge in [-0.2, -0.15) is 0 Å². The molecule has 0 amide bonds. The number of benzene rings is 1. The average molecular weight is 356 g/mol. The molecule has 4 rings (SSSR count). The Balaban J connectivity index is 1.58. The van der Waals surface area contributed by atoms with E-state index in [-0.39, 0.29) is 23.5 Å². The van der Waals surface area contributed by atoms with E-state index in [4.69, 9.17) is 9.47 Å². The van der Waals surface area contributed by atoms with Crippen molar-refractivity contribution in [3.8, 4) is 5.75 Å². The third-order valence-electron chi connectivity index (χ3n) is 7.18. The molecule has 0 bridgehead atoms. The van der Waals surface area contributed by atoms with Crippen LogP contribution in [-0.2, 0) is 20.7 Å². The summed E-state index contributed by atoms with van der Waals surface area (Å²) < 4.78 is 11.0. The number of fused-ring (bicyclic) bond motifs is 5. The molecule has 2 fully saturated rings. The molecule has 3 aliphatic rings. The highest BCUT2D eigenvalue weighted by Gasteiger charge is 2.56. The molecular formula is C22H28O4. The first-order valence-corrected chi connectivity index (χ1v) is 9.87. The molecule has 0 heterocycles. The van der Waals surface area contributed by atoms with E-state index in [1.165, 1.54) is 31.4 Å². The maximum absolute atomic E-state index is 11.5. The minimum absolute atomic E-state index is 0.0821. The largest absolute Gasteiger partial charge is 0.462 e. The predicted octanol–water partition coefficient (Wildman–Crippen LogP) is 4.40. The van der Waals surface area contributed by atoms with Crippen LogP contribution in [0.3, 0.4) is 0 Å². The van der Waals surface area contributed by atoms with Crippen molar-refractivity contribution in [2.75, 3.05) is 0 Å². The van der Waals surface area contributed by atoms with Gasteiger partial charge in [0, 0.05) is 19.3 Å². The van der Waals surface area contributed by atoms with Crippen molar-refractivity contribution >= 4 is 11.9 Å². The molecule has 5 atom stereocenters. The van der Waals surface area contributed by atoms with Gasteiger partial charge in [0.05, 0.1) is 0 Å². The summed E-state index contributed by atoms with van der Waals surface area (Å²) in [5, 5.41) is 0. The van der Waals surface area contributed by atoms with E-state index in [0.717, 1.165) is 32.1 Å². The summed E-state index contributed by atoms with van der Waals surface area (Å²) in [5.74, 6) is 2.12. The normalized spacial score (nSPS) is 35.0. The molecule has 0 saturated heterocycles. The summed E-state index contributed by atoms with van der Waals surface area (Å²) in [6.45, 7) is 5.31. The Kier molecular flexibility index (Phi) is 4.32. The summed E-state index contributed by atoms with van der Waals surface area (Å²) in [5.41, 5.74) is 2.90. The van der Waals surface area contributed by atoms with Crippen LogP contribution in [0, 0.1) is 17.3 Å². The summed E-state index contributed by atoms with van der Waals surface area (Å²) >= 11 is 0. The van der Waals surface area contributed by atoms with Crippen molar-refractivity contribution in [1.82, 2.24) is 0 Å². The Morgan fingerprint density at radius 1 is 1.08 bits per heavy atom. The second-order valence-corrected chi connectivity index (χ2v) is 8.59. The van der Waals surface area contributed by atoms with Gasteiger partial charge in [0.1, 0.15) is 11.9 Å². The molecule has 4 heteroatoms. The zero-order chi connectivity index (χ0) is 18.5. The number of ether oxygens (including phenoxy) is 2. The van der Waals surface area contributed by atoms with Crippen molar-refractivity contribution < 1.29 is 19.1 Å². The molecule has 26 heavy (non-hydrogen) atoms. The molecule has 0 aromatic heterocycles. The molecular weight excluding hydrogens is 328 g/mol. The monoisotopic (exact) mass is 356 g/mol. The molecule has 0 aliphatic heterocycles. The van der Waals surface area contributed by atoms with Crippen LogP contribution in [0.5, 0.6) is 5.75 Å². The summed E-state index contributed by atoms with van der Waals surface area (Å²) in [6, 6.07) is 6.16. The van der Waals surface area contributed by atoms with Gasteiger partial charge in [-0.3, -0.25) is 9.59 Å². The first-order chi connectivity index (χ1) is 12.4. The lowest BCUT2D eigenvalue weighted by Crippen LogP contribution is -2.45. The maximum Gasteiger partial charge on any atom is 0.308 e. The number of aryl methyl sites for hydroxylation is 1. The average Bonchev–Trinajstić information content (AvgIpc) is 2.90. The molecule has 4 nitrogen and oxygen atoms in total. The van der Waals surface area contributed by atoms with Crippen molar-refractivity contribution in [2.24, 2.45) is 17.3 Å². The minimum Gasteiger partial charge on any atom is -0.462 e. The Labute approximate surface area is 155 Å². The van der Waals surface area contributed by atoms with Crippen LogP contribution in [0.25, 0.3) is 0 Å². The maximum atomic E-state index is 11.5. The topological polar surface area (TPSA) is 52.6 Å². The van der Waals surface area contributed by atoms with Gasteiger partial charge in [-0.05, 0) is 79.5 Å². The fourth-order valence-corrected chi connectivity index (χ4v) is 6.13. The van der Waals surface area contributed by atoms with Gasteiger partial charge >= 0.3 is 11.9 Å². The van der Waals surface area contributed by atoms with E-state index in [9.17, 15) is 9.59 Å². The fourth-order valence-electron chi connectivity index (χ4n) is 6.13. The second-order valence-electron chi connectivity index (χ2n) is 8.59. The van der Waals surface area contributed by atoms with Gasteiger partial charge in [-0.15, -0.1) is 0 Å². The van der Waals surface area contributed by atoms with Gasteiger partial charge in [0.2, 0.25) is 0 Å². The van der Waals surface area contributed by atoms with E-state index in [0.29, 0.717) is 23.5 Å². The summed E-state index contributed by atoms with van der Waals surface area (Å²) in [4.78, 5) is 22.7. The molecule has 1 aromatic rings. The van der Waals surface area contributed by atoms with Crippen LogP contribution in [0.1, 0.15) is 69.9 Å². The van der Waals surface area contributed by atoms with E-state index < -0.39 is 0 Å². The highest BCUT2D eigenvalue weighted by Crippen LogP contribution is 2.61. The SMILES string of the molecule is CC(=O)Oc1ccc2c(c1)CC[C@@H]1[C@@H]2CC[C@]2(C)C(OC(C)=O)CC[C@@H]12. The number of hydrogen-bond acceptors (Lipinski definition) is 4. The quantitative estimate of drug-likeness (QED) is 0.582. The second kappa shape index (κ2) is 6.40. The highest BCUT2D eigenvalue weighted by atomic mass is 16.5. The Morgan fingerprint density at radius 2 is 1.88 bits per heavy atom. The molecule has 1 unspecified atom stereocenters. The Morgan fingerprint density at radius 3 is 2.62 bits per heavy atom. The van der Waals surface area contributed by atoms with E-state index in [2.05, 4.69) is 19.1 Å². The molecule has 2 saturated carbocycles. The lowest BCUT2D eigenvalue weighted by Gasteiger charge is -2.50. The first kappa shape index (κ1) is 17.6. The van der Waals surface area contributed by atoms with Crippen LogP contribution in [0.2, 0.25) is 0 Å². The summed E-state index contributed by atoms with van der Waals surface area (Å²) in [6.07, 6.45) is 6.72. The van der Waals surface area contributed by atoms with Gasteiger partial charge in [0.15, 0.2) is 0 Å².